The molecule has 5 heteroatoms. The quantitative estimate of drug-likeness (QED) is 0.726. The van der Waals surface area contributed by atoms with E-state index >= 15 is 0 Å². The fourth-order valence-corrected chi connectivity index (χ4v) is 3.98. The summed E-state index contributed by atoms with van der Waals surface area (Å²) in [6.45, 7) is 8.24. The molecule has 146 valence electrons. The Hall–Kier alpha value is -2.95. The van der Waals surface area contributed by atoms with Crippen LogP contribution in [0, 0.1) is 13.8 Å². The number of rotatable bonds is 4. The highest BCUT2D eigenvalue weighted by molar-refractivity contribution is 5.83. The first-order valence-corrected chi connectivity index (χ1v) is 10.0. The molecule has 5 nitrogen and oxygen atoms in total. The van der Waals surface area contributed by atoms with Crippen LogP contribution in [0.1, 0.15) is 16.7 Å². The number of anilines is 1. The second-order valence-electron chi connectivity index (χ2n) is 7.53. The molecule has 2 heterocycles. The second kappa shape index (κ2) is 7.97. The van der Waals surface area contributed by atoms with E-state index < -0.39 is 0 Å². The van der Waals surface area contributed by atoms with Gasteiger partial charge in [-0.2, -0.15) is 0 Å². The molecule has 0 spiro atoms. The maximum Gasteiger partial charge on any atom is 0.317 e. The summed E-state index contributed by atoms with van der Waals surface area (Å²) in [5.74, 6) is 0. The van der Waals surface area contributed by atoms with E-state index in [9.17, 15) is 4.79 Å². The zero-order valence-electron chi connectivity index (χ0n) is 16.7. The van der Waals surface area contributed by atoms with Crippen LogP contribution in [0.4, 0.5) is 10.5 Å². The first-order valence-electron chi connectivity index (χ1n) is 10.0. The summed E-state index contributed by atoms with van der Waals surface area (Å²) in [5.41, 5.74) is 6.33. The van der Waals surface area contributed by atoms with Gasteiger partial charge in [0.25, 0.3) is 0 Å². The van der Waals surface area contributed by atoms with E-state index in [2.05, 4.69) is 59.4 Å². The summed E-state index contributed by atoms with van der Waals surface area (Å²) in [6.07, 6.45) is 2.87. The summed E-state index contributed by atoms with van der Waals surface area (Å²) >= 11 is 0. The number of benzene rings is 2. The van der Waals surface area contributed by atoms with Gasteiger partial charge in [-0.05, 0) is 49.1 Å². The monoisotopic (exact) mass is 376 g/mol. The molecule has 2 N–H and O–H groups in total. The lowest BCUT2D eigenvalue weighted by molar-refractivity contribution is 0.194. The van der Waals surface area contributed by atoms with Gasteiger partial charge in [0.15, 0.2) is 0 Å². The molecular formula is C23H28N4O. The van der Waals surface area contributed by atoms with Gasteiger partial charge in [0, 0.05) is 55.5 Å². The lowest BCUT2D eigenvalue weighted by Gasteiger charge is -2.37. The van der Waals surface area contributed by atoms with Crippen LogP contribution in [0.15, 0.2) is 48.7 Å². The van der Waals surface area contributed by atoms with E-state index in [4.69, 9.17) is 0 Å². The van der Waals surface area contributed by atoms with Crippen molar-refractivity contribution in [3.8, 4) is 0 Å². The van der Waals surface area contributed by atoms with Crippen LogP contribution in [-0.4, -0.2) is 48.6 Å². The molecule has 1 aliphatic rings. The third kappa shape index (κ3) is 3.70. The van der Waals surface area contributed by atoms with E-state index in [1.54, 1.807) is 0 Å². The number of hydrogen-bond acceptors (Lipinski definition) is 2. The summed E-state index contributed by atoms with van der Waals surface area (Å²) in [5, 5.41) is 4.32. The number of fused-ring (bicyclic) bond motifs is 1. The van der Waals surface area contributed by atoms with Crippen LogP contribution in [0.3, 0.4) is 0 Å². The Labute approximate surface area is 166 Å². The number of piperazine rings is 1. The average molecular weight is 377 g/mol. The van der Waals surface area contributed by atoms with E-state index in [-0.39, 0.29) is 6.03 Å². The second-order valence-corrected chi connectivity index (χ2v) is 7.53. The molecule has 2 aromatic carbocycles. The molecule has 1 aromatic heterocycles. The van der Waals surface area contributed by atoms with Crippen molar-refractivity contribution in [2.45, 2.75) is 20.3 Å². The van der Waals surface area contributed by atoms with Gasteiger partial charge in [0.1, 0.15) is 0 Å². The fourth-order valence-electron chi connectivity index (χ4n) is 3.98. The molecule has 28 heavy (non-hydrogen) atoms. The topological polar surface area (TPSA) is 51.4 Å². The van der Waals surface area contributed by atoms with E-state index in [1.165, 1.54) is 27.8 Å². The minimum atomic E-state index is 0.0421. The molecule has 1 fully saturated rings. The minimum Gasteiger partial charge on any atom is -0.368 e. The van der Waals surface area contributed by atoms with Crippen LogP contribution in [-0.2, 0) is 6.42 Å². The number of nitrogens with zero attached hydrogens (tertiary/aromatic N) is 2. The van der Waals surface area contributed by atoms with Gasteiger partial charge >= 0.3 is 6.03 Å². The van der Waals surface area contributed by atoms with Crippen molar-refractivity contribution in [1.29, 1.82) is 0 Å². The zero-order valence-corrected chi connectivity index (χ0v) is 16.7. The van der Waals surface area contributed by atoms with Crippen molar-refractivity contribution in [2.24, 2.45) is 0 Å². The third-order valence-electron chi connectivity index (χ3n) is 5.83. The number of H-pyrrole nitrogens is 1. The number of aromatic nitrogens is 1. The predicted molar refractivity (Wildman–Crippen MR) is 115 cm³/mol. The number of carbonyl (C=O) groups excluding carboxylic acids is 1. The average Bonchev–Trinajstić information content (AvgIpc) is 3.13. The summed E-state index contributed by atoms with van der Waals surface area (Å²) < 4.78 is 0. The number of para-hydroxylation sites is 1. The maximum atomic E-state index is 12.5. The largest absolute Gasteiger partial charge is 0.368 e. The van der Waals surface area contributed by atoms with E-state index in [0.717, 1.165) is 38.1 Å². The predicted octanol–water partition coefficient (Wildman–Crippen LogP) is 3.86. The third-order valence-corrected chi connectivity index (χ3v) is 5.83. The van der Waals surface area contributed by atoms with Gasteiger partial charge in [-0.3, -0.25) is 0 Å². The Morgan fingerprint density at radius 2 is 1.82 bits per heavy atom. The van der Waals surface area contributed by atoms with Crippen molar-refractivity contribution in [3.05, 3.63) is 65.4 Å². The lowest BCUT2D eigenvalue weighted by Crippen LogP contribution is -2.52. The zero-order chi connectivity index (χ0) is 19.5. The van der Waals surface area contributed by atoms with E-state index in [0.29, 0.717) is 6.54 Å². The Balaban J connectivity index is 1.28. The molecule has 0 radical (unpaired) electrons. The molecule has 0 unspecified atom stereocenters. The molecule has 1 aliphatic heterocycles. The molecule has 4 rings (SSSR count). The maximum absolute atomic E-state index is 12.5. The summed E-state index contributed by atoms with van der Waals surface area (Å²) in [7, 11) is 0. The number of carbonyl (C=O) groups is 1. The van der Waals surface area contributed by atoms with Crippen molar-refractivity contribution in [2.75, 3.05) is 37.6 Å². The Kier molecular flexibility index (Phi) is 5.24. The number of amides is 2. The molecule has 2 amide bonds. The van der Waals surface area contributed by atoms with Gasteiger partial charge < -0.3 is 20.1 Å². The van der Waals surface area contributed by atoms with Crippen LogP contribution in [0.5, 0.6) is 0 Å². The minimum absolute atomic E-state index is 0.0421. The van der Waals surface area contributed by atoms with Gasteiger partial charge in [0.05, 0.1) is 0 Å². The number of hydrogen-bond donors (Lipinski definition) is 2. The Morgan fingerprint density at radius 3 is 2.64 bits per heavy atom. The molecule has 1 saturated heterocycles. The molecule has 0 atom stereocenters. The number of urea groups is 1. The van der Waals surface area contributed by atoms with Gasteiger partial charge in [-0.25, -0.2) is 4.79 Å². The highest BCUT2D eigenvalue weighted by atomic mass is 16.2. The van der Waals surface area contributed by atoms with Crippen LogP contribution >= 0.6 is 0 Å². The normalized spacial score (nSPS) is 14.5. The molecule has 3 aromatic rings. The van der Waals surface area contributed by atoms with Gasteiger partial charge in [-0.15, -0.1) is 0 Å². The van der Waals surface area contributed by atoms with Crippen LogP contribution < -0.4 is 10.2 Å². The highest BCUT2D eigenvalue weighted by Crippen LogP contribution is 2.24. The SMILES string of the molecule is Cc1cccc(N2CCN(C(=O)NCCc3c[nH]c4ccccc34)CC2)c1C. The molecular weight excluding hydrogens is 348 g/mol. The molecule has 0 saturated carbocycles. The van der Waals surface area contributed by atoms with Crippen LogP contribution in [0.25, 0.3) is 10.9 Å². The number of nitrogens with one attached hydrogen (secondary N) is 2. The molecule has 0 bridgehead atoms. The van der Waals surface area contributed by atoms with Crippen molar-refractivity contribution in [1.82, 2.24) is 15.2 Å². The van der Waals surface area contributed by atoms with Crippen molar-refractivity contribution >= 4 is 22.6 Å². The standard InChI is InChI=1S/C23H28N4O/c1-17-6-5-9-22(18(17)2)26-12-14-27(15-13-26)23(28)24-11-10-19-16-25-21-8-4-3-7-20(19)21/h3-9,16,25H,10-15H2,1-2H3,(H,24,28). The first-order chi connectivity index (χ1) is 13.6. The first kappa shape index (κ1) is 18.4. The van der Waals surface area contributed by atoms with E-state index in [1.807, 2.05) is 23.2 Å². The van der Waals surface area contributed by atoms with Gasteiger partial charge in [-0.1, -0.05) is 30.3 Å². The highest BCUT2D eigenvalue weighted by Gasteiger charge is 2.22. The van der Waals surface area contributed by atoms with Gasteiger partial charge in [0.2, 0.25) is 0 Å². The Bertz CT molecular complexity index is 970. The fraction of sp³-hybridized carbons (Fsp3) is 0.348. The van der Waals surface area contributed by atoms with Crippen LogP contribution in [0.2, 0.25) is 0 Å². The molecule has 0 aliphatic carbocycles. The number of aryl methyl sites for hydroxylation is 1. The smallest absolute Gasteiger partial charge is 0.317 e. The summed E-state index contributed by atoms with van der Waals surface area (Å²) in [6, 6.07) is 14.8. The van der Waals surface area contributed by atoms with Crippen molar-refractivity contribution < 1.29 is 4.79 Å². The lowest BCUT2D eigenvalue weighted by atomic mass is 10.1. The Morgan fingerprint density at radius 1 is 1.04 bits per heavy atom. The number of aromatic amines is 1. The van der Waals surface area contributed by atoms with Crippen molar-refractivity contribution in [3.63, 3.8) is 0 Å². The summed E-state index contributed by atoms with van der Waals surface area (Å²) in [4.78, 5) is 20.1.